The number of nitriles is 1. The van der Waals surface area contributed by atoms with E-state index in [9.17, 15) is 9.65 Å². The number of halogens is 1. The summed E-state index contributed by atoms with van der Waals surface area (Å²) in [6.07, 6.45) is 13.5. The van der Waals surface area contributed by atoms with Gasteiger partial charge in [0.1, 0.15) is 24.0 Å². The van der Waals surface area contributed by atoms with E-state index < -0.39 is 0 Å². The molecule has 2 aliphatic carbocycles. The van der Waals surface area contributed by atoms with E-state index in [1.165, 1.54) is 51.0 Å². The Kier molecular flexibility index (Phi) is 6.04. The molecule has 0 radical (unpaired) electrons. The molecule has 0 unspecified atom stereocenters. The first kappa shape index (κ1) is 23.2. The van der Waals surface area contributed by atoms with E-state index in [4.69, 9.17) is 4.42 Å². The second-order valence-corrected chi connectivity index (χ2v) is 11.1. The van der Waals surface area contributed by atoms with Gasteiger partial charge in [0, 0.05) is 28.5 Å². The summed E-state index contributed by atoms with van der Waals surface area (Å²) in [6.45, 7) is 2.04. The lowest BCUT2D eigenvalue weighted by Gasteiger charge is -2.36. The second-order valence-electron chi connectivity index (χ2n) is 11.1. The molecule has 0 spiro atoms. The summed E-state index contributed by atoms with van der Waals surface area (Å²) in [7, 11) is 1.93. The van der Waals surface area contributed by atoms with Gasteiger partial charge in [0.2, 0.25) is 5.69 Å². The number of benzene rings is 2. The maximum absolute atomic E-state index is 14.3. The topological polar surface area (TPSA) is 40.8 Å². The molecule has 0 amide bonds. The molecule has 0 bridgehead atoms. The van der Waals surface area contributed by atoms with Crippen molar-refractivity contribution < 1.29 is 13.4 Å². The van der Waals surface area contributed by atoms with E-state index in [2.05, 4.69) is 18.2 Å². The largest absolute Gasteiger partial charge is 0.455 e. The van der Waals surface area contributed by atoms with Crippen LogP contribution in [-0.4, -0.2) is 0 Å². The van der Waals surface area contributed by atoms with Gasteiger partial charge < -0.3 is 4.42 Å². The minimum atomic E-state index is -0.266. The molecule has 3 nitrogen and oxygen atoms in total. The Bertz CT molecular complexity index is 1480. The van der Waals surface area contributed by atoms with Gasteiger partial charge in [-0.25, -0.2) is 8.96 Å². The third-order valence-corrected chi connectivity index (χ3v) is 9.04. The fourth-order valence-electron chi connectivity index (χ4n) is 7.12. The molecule has 0 atom stereocenters. The van der Waals surface area contributed by atoms with Gasteiger partial charge in [0.25, 0.3) is 0 Å². The molecule has 0 aliphatic heterocycles. The summed E-state index contributed by atoms with van der Waals surface area (Å²) < 4.78 is 22.9. The highest BCUT2D eigenvalue weighted by Gasteiger charge is 2.32. The van der Waals surface area contributed by atoms with Crippen molar-refractivity contribution in [3.8, 4) is 17.3 Å². The zero-order valence-electron chi connectivity index (χ0n) is 21.3. The molecule has 2 fully saturated rings. The van der Waals surface area contributed by atoms with Crippen molar-refractivity contribution in [2.24, 2.45) is 18.9 Å². The first-order valence-electron chi connectivity index (χ1n) is 13.6. The molecule has 36 heavy (non-hydrogen) atoms. The van der Waals surface area contributed by atoms with Crippen molar-refractivity contribution in [3.63, 3.8) is 0 Å². The van der Waals surface area contributed by atoms with Crippen molar-refractivity contribution in [2.45, 2.75) is 70.6 Å². The molecule has 4 aromatic rings. The van der Waals surface area contributed by atoms with Crippen LogP contribution in [0.4, 0.5) is 4.39 Å². The fourth-order valence-corrected chi connectivity index (χ4v) is 7.12. The predicted molar refractivity (Wildman–Crippen MR) is 141 cm³/mol. The van der Waals surface area contributed by atoms with Crippen molar-refractivity contribution in [1.82, 2.24) is 0 Å². The number of nitrogens with zero attached hydrogens (tertiary/aromatic N) is 2. The first-order valence-corrected chi connectivity index (χ1v) is 13.6. The molecule has 6 rings (SSSR count). The van der Waals surface area contributed by atoms with E-state index >= 15 is 0 Å². The van der Waals surface area contributed by atoms with Crippen LogP contribution in [0.1, 0.15) is 80.4 Å². The SMILES string of the molecule is Cc1ccc2c(oc3c(C4CCC(C5CCCCC5)CC4)c(C#N)ccc32)c1-c1cc(F)cc[n+]1C. The summed E-state index contributed by atoms with van der Waals surface area (Å²) in [5, 5.41) is 12.1. The number of hydrogen-bond donors (Lipinski definition) is 0. The van der Waals surface area contributed by atoms with Gasteiger partial charge in [-0.15, -0.1) is 0 Å². The third kappa shape index (κ3) is 3.90. The van der Waals surface area contributed by atoms with E-state index in [0.717, 1.165) is 74.6 Å². The Labute approximate surface area is 212 Å². The highest BCUT2D eigenvalue weighted by atomic mass is 19.1. The minimum absolute atomic E-state index is 0.266. The number of aryl methyl sites for hydroxylation is 2. The van der Waals surface area contributed by atoms with Crippen LogP contribution in [0.25, 0.3) is 33.2 Å². The summed E-state index contributed by atoms with van der Waals surface area (Å²) in [6, 6.07) is 13.7. The second kappa shape index (κ2) is 9.36. The van der Waals surface area contributed by atoms with E-state index in [-0.39, 0.29) is 5.82 Å². The van der Waals surface area contributed by atoms with E-state index in [0.29, 0.717) is 5.92 Å². The van der Waals surface area contributed by atoms with Crippen molar-refractivity contribution >= 4 is 21.9 Å². The maximum Gasteiger partial charge on any atom is 0.219 e. The zero-order valence-corrected chi connectivity index (χ0v) is 21.3. The molecular formula is C32H34FN2O+. The van der Waals surface area contributed by atoms with Gasteiger partial charge in [-0.1, -0.05) is 44.2 Å². The van der Waals surface area contributed by atoms with Crippen molar-refractivity contribution in [3.05, 3.63) is 65.1 Å². The average molecular weight is 482 g/mol. The third-order valence-electron chi connectivity index (χ3n) is 9.04. The highest BCUT2D eigenvalue weighted by molar-refractivity contribution is 6.11. The van der Waals surface area contributed by atoms with Gasteiger partial charge >= 0.3 is 0 Å². The lowest BCUT2D eigenvalue weighted by atomic mass is 9.69. The number of aromatic nitrogens is 1. The van der Waals surface area contributed by atoms with Gasteiger partial charge in [-0.05, 0) is 68.1 Å². The number of hydrogen-bond acceptors (Lipinski definition) is 2. The number of rotatable bonds is 3. The van der Waals surface area contributed by atoms with Gasteiger partial charge in [-0.3, -0.25) is 0 Å². The van der Waals surface area contributed by atoms with Crippen LogP contribution in [-0.2, 0) is 7.05 Å². The molecule has 2 aromatic heterocycles. The van der Waals surface area contributed by atoms with Gasteiger partial charge in [-0.2, -0.15) is 5.26 Å². The lowest BCUT2D eigenvalue weighted by molar-refractivity contribution is -0.660. The Balaban J connectivity index is 1.46. The summed E-state index contributed by atoms with van der Waals surface area (Å²) >= 11 is 0. The molecular weight excluding hydrogens is 447 g/mol. The number of fused-ring (bicyclic) bond motifs is 3. The molecule has 184 valence electrons. The minimum Gasteiger partial charge on any atom is -0.455 e. The van der Waals surface area contributed by atoms with Crippen LogP contribution >= 0.6 is 0 Å². The molecule has 2 saturated carbocycles. The molecule has 0 N–H and O–H groups in total. The first-order chi connectivity index (χ1) is 17.5. The fraction of sp³-hybridized carbons (Fsp3) is 0.438. The van der Waals surface area contributed by atoms with Crippen molar-refractivity contribution in [2.75, 3.05) is 0 Å². The molecule has 2 aromatic carbocycles. The zero-order chi connectivity index (χ0) is 24.8. The van der Waals surface area contributed by atoms with Gasteiger partial charge in [0.05, 0.1) is 17.2 Å². The molecule has 4 heteroatoms. The van der Waals surface area contributed by atoms with Crippen LogP contribution in [0.15, 0.2) is 47.0 Å². The predicted octanol–water partition coefficient (Wildman–Crippen LogP) is 8.25. The Morgan fingerprint density at radius 3 is 2.33 bits per heavy atom. The van der Waals surface area contributed by atoms with Crippen LogP contribution in [0, 0.1) is 35.9 Å². The van der Waals surface area contributed by atoms with E-state index in [1.54, 1.807) is 12.3 Å². The highest BCUT2D eigenvalue weighted by Crippen LogP contribution is 2.47. The standard InChI is InChI=1S/C32H34FN2O/c1-20-8-14-26-27-15-13-24(19-34)30(23-11-9-22(10-12-23)21-6-4-3-5-7-21)32(27)36-31(26)29(20)28-18-25(33)16-17-35(28)2/h8,13-18,21-23H,3-7,9-12H2,1-2H3/q+1. The monoisotopic (exact) mass is 481 g/mol. The maximum atomic E-state index is 14.3. The van der Waals surface area contributed by atoms with Crippen LogP contribution < -0.4 is 4.57 Å². The molecule has 2 heterocycles. The van der Waals surface area contributed by atoms with Gasteiger partial charge in [0.15, 0.2) is 6.20 Å². The van der Waals surface area contributed by atoms with Crippen LogP contribution in [0.3, 0.4) is 0 Å². The van der Waals surface area contributed by atoms with Crippen LogP contribution in [0.5, 0.6) is 0 Å². The smallest absolute Gasteiger partial charge is 0.219 e. The normalized spacial score (nSPS) is 21.2. The van der Waals surface area contributed by atoms with E-state index in [1.807, 2.05) is 30.7 Å². The Hall–Kier alpha value is -3.19. The Morgan fingerprint density at radius 2 is 1.58 bits per heavy atom. The number of furan rings is 1. The molecule has 2 aliphatic rings. The quantitative estimate of drug-likeness (QED) is 0.276. The lowest BCUT2D eigenvalue weighted by Crippen LogP contribution is -2.30. The summed E-state index contributed by atoms with van der Waals surface area (Å²) in [4.78, 5) is 0. The summed E-state index contributed by atoms with van der Waals surface area (Å²) in [5.74, 6) is 1.82. The van der Waals surface area contributed by atoms with Crippen molar-refractivity contribution in [1.29, 1.82) is 5.26 Å². The summed E-state index contributed by atoms with van der Waals surface area (Å²) in [5.41, 5.74) is 6.17. The molecule has 0 saturated heterocycles. The Morgan fingerprint density at radius 1 is 0.889 bits per heavy atom. The average Bonchev–Trinajstić information content (AvgIpc) is 3.29. The number of pyridine rings is 1. The van der Waals surface area contributed by atoms with Crippen LogP contribution in [0.2, 0.25) is 0 Å².